The lowest BCUT2D eigenvalue weighted by Gasteiger charge is -2.32. The van der Waals surface area contributed by atoms with Crippen LogP contribution >= 0.6 is 0 Å². The van der Waals surface area contributed by atoms with Gasteiger partial charge in [0.05, 0.1) is 17.2 Å². The number of nitrogens with one attached hydrogen (secondary N) is 1. The molecule has 0 spiro atoms. The highest BCUT2D eigenvalue weighted by Crippen LogP contribution is 2.32. The van der Waals surface area contributed by atoms with Gasteiger partial charge in [0.15, 0.2) is 0 Å². The monoisotopic (exact) mass is 555 g/mol. The third-order valence-corrected chi connectivity index (χ3v) is 7.80. The maximum absolute atomic E-state index is 13.9. The number of benzene rings is 3. The van der Waals surface area contributed by atoms with Crippen LogP contribution in [0.15, 0.2) is 83.8 Å². The van der Waals surface area contributed by atoms with E-state index >= 15 is 0 Å². The zero-order valence-electron chi connectivity index (χ0n) is 22.3. The Morgan fingerprint density at radius 2 is 1.59 bits per heavy atom. The van der Waals surface area contributed by atoms with E-state index in [-0.39, 0.29) is 29.6 Å². The van der Waals surface area contributed by atoms with Gasteiger partial charge in [0.2, 0.25) is 11.8 Å². The molecule has 3 aromatic carbocycles. The van der Waals surface area contributed by atoms with Crippen LogP contribution in [0.2, 0.25) is 0 Å². The topological polar surface area (TPSA) is 96.0 Å². The molecule has 0 saturated heterocycles. The van der Waals surface area contributed by atoms with E-state index in [1.54, 1.807) is 56.3 Å². The Morgan fingerprint density at radius 3 is 2.23 bits per heavy atom. The lowest BCUT2D eigenvalue weighted by Crippen LogP contribution is -2.51. The molecule has 0 aliphatic rings. The number of hydrogen-bond acceptors (Lipinski definition) is 5. The van der Waals surface area contributed by atoms with Crippen molar-refractivity contribution in [3.05, 3.63) is 90.2 Å². The van der Waals surface area contributed by atoms with Crippen molar-refractivity contribution in [2.24, 2.45) is 0 Å². The van der Waals surface area contributed by atoms with Crippen molar-refractivity contribution in [2.45, 2.75) is 44.7 Å². The summed E-state index contributed by atoms with van der Waals surface area (Å²) in [6.07, 6.45) is 0.710. The van der Waals surface area contributed by atoms with Crippen molar-refractivity contribution >= 4 is 27.5 Å². The predicted octanol–water partition coefficient (Wildman–Crippen LogP) is 4.36. The summed E-state index contributed by atoms with van der Waals surface area (Å²) in [6.45, 7) is 5.37. The third kappa shape index (κ3) is 7.57. The summed E-state index contributed by atoms with van der Waals surface area (Å²) in [6, 6.07) is 19.0. The van der Waals surface area contributed by atoms with Crippen molar-refractivity contribution in [3.63, 3.8) is 0 Å². The van der Waals surface area contributed by atoms with Gasteiger partial charge in [-0.2, -0.15) is 0 Å². The van der Waals surface area contributed by atoms with Gasteiger partial charge in [0.1, 0.15) is 24.2 Å². The van der Waals surface area contributed by atoms with E-state index in [1.807, 2.05) is 6.92 Å². The molecule has 1 atom stereocenters. The standard InChI is InChI=1S/C29H34FN3O5S/c1-4-19-31-29(35)22(3)32(20-23-15-17-24(30)18-16-23)28(34)21-33(26-13-9-10-14-27(26)38-5-2)39(36,37)25-11-7-6-8-12-25/h6-18,22H,4-5,19-21H2,1-3H3,(H,31,35). The molecule has 3 aromatic rings. The van der Waals surface area contributed by atoms with Crippen LogP contribution in [-0.4, -0.2) is 50.9 Å². The maximum atomic E-state index is 13.9. The van der Waals surface area contributed by atoms with Crippen molar-refractivity contribution in [1.29, 1.82) is 0 Å². The zero-order valence-corrected chi connectivity index (χ0v) is 23.2. The number of ether oxygens (including phenoxy) is 1. The van der Waals surface area contributed by atoms with Crippen LogP contribution in [0.3, 0.4) is 0 Å². The van der Waals surface area contributed by atoms with Crippen LogP contribution in [0.5, 0.6) is 5.75 Å². The maximum Gasteiger partial charge on any atom is 0.264 e. The molecule has 0 radical (unpaired) electrons. The minimum atomic E-state index is -4.21. The van der Waals surface area contributed by atoms with Crippen molar-refractivity contribution < 1.29 is 27.1 Å². The van der Waals surface area contributed by atoms with E-state index in [2.05, 4.69) is 5.32 Å². The van der Waals surface area contributed by atoms with E-state index in [1.165, 1.54) is 41.3 Å². The van der Waals surface area contributed by atoms with Gasteiger partial charge in [0, 0.05) is 13.1 Å². The quantitative estimate of drug-likeness (QED) is 0.338. The highest BCUT2D eigenvalue weighted by Gasteiger charge is 2.33. The van der Waals surface area contributed by atoms with Gasteiger partial charge < -0.3 is 15.0 Å². The van der Waals surface area contributed by atoms with E-state index in [0.717, 1.165) is 4.31 Å². The number of halogens is 1. The first-order valence-electron chi connectivity index (χ1n) is 12.8. The number of carbonyl (C=O) groups is 2. The Hall–Kier alpha value is -3.92. The lowest BCUT2D eigenvalue weighted by atomic mass is 10.1. The Morgan fingerprint density at radius 1 is 0.949 bits per heavy atom. The van der Waals surface area contributed by atoms with Crippen molar-refractivity contribution in [3.8, 4) is 5.75 Å². The number of hydrogen-bond donors (Lipinski definition) is 1. The molecule has 0 saturated carbocycles. The molecule has 1 unspecified atom stereocenters. The minimum absolute atomic E-state index is 0.00271. The fourth-order valence-electron chi connectivity index (χ4n) is 3.94. The van der Waals surface area contributed by atoms with Crippen LogP contribution in [-0.2, 0) is 26.2 Å². The summed E-state index contributed by atoms with van der Waals surface area (Å²) < 4.78 is 48.0. The highest BCUT2D eigenvalue weighted by atomic mass is 32.2. The molecule has 1 N–H and O–H groups in total. The van der Waals surface area contributed by atoms with E-state index in [9.17, 15) is 22.4 Å². The number of para-hydroxylation sites is 2. The summed E-state index contributed by atoms with van der Waals surface area (Å²) >= 11 is 0. The number of nitrogens with zero attached hydrogens (tertiary/aromatic N) is 2. The normalized spacial score (nSPS) is 11.9. The summed E-state index contributed by atoms with van der Waals surface area (Å²) in [5.74, 6) is -1.12. The Labute approximate surface area is 229 Å². The van der Waals surface area contributed by atoms with E-state index < -0.39 is 34.3 Å². The predicted molar refractivity (Wildman–Crippen MR) is 148 cm³/mol. The molecule has 0 aliphatic heterocycles. The molecule has 0 aliphatic carbocycles. The Balaban J connectivity index is 2.05. The number of sulfonamides is 1. The molecule has 0 aromatic heterocycles. The molecule has 39 heavy (non-hydrogen) atoms. The van der Waals surface area contributed by atoms with Crippen LogP contribution in [0.25, 0.3) is 0 Å². The Bertz CT molecular complexity index is 1350. The Kier molecular flexibility index (Phi) is 10.4. The van der Waals surface area contributed by atoms with Crippen molar-refractivity contribution in [2.75, 3.05) is 24.0 Å². The molecule has 0 bridgehead atoms. The molecule has 8 nitrogen and oxygen atoms in total. The highest BCUT2D eigenvalue weighted by molar-refractivity contribution is 7.92. The van der Waals surface area contributed by atoms with Gasteiger partial charge in [-0.15, -0.1) is 0 Å². The minimum Gasteiger partial charge on any atom is -0.492 e. The van der Waals surface area contributed by atoms with Crippen molar-refractivity contribution in [1.82, 2.24) is 10.2 Å². The second-order valence-electron chi connectivity index (χ2n) is 8.84. The number of amides is 2. The molecule has 10 heteroatoms. The van der Waals surface area contributed by atoms with Gasteiger partial charge in [-0.3, -0.25) is 13.9 Å². The third-order valence-electron chi connectivity index (χ3n) is 6.03. The molecule has 3 rings (SSSR count). The summed E-state index contributed by atoms with van der Waals surface area (Å²) in [5, 5.41) is 2.78. The molecular formula is C29H34FN3O5S. The smallest absolute Gasteiger partial charge is 0.264 e. The largest absolute Gasteiger partial charge is 0.492 e. The average Bonchev–Trinajstić information content (AvgIpc) is 2.94. The second-order valence-corrected chi connectivity index (χ2v) is 10.7. The van der Waals surface area contributed by atoms with Gasteiger partial charge >= 0.3 is 0 Å². The first-order valence-corrected chi connectivity index (χ1v) is 14.2. The summed E-state index contributed by atoms with van der Waals surface area (Å²) in [7, 11) is -4.21. The summed E-state index contributed by atoms with van der Waals surface area (Å²) in [4.78, 5) is 28.1. The van der Waals surface area contributed by atoms with Crippen LogP contribution in [0.1, 0.15) is 32.8 Å². The molecular weight excluding hydrogens is 521 g/mol. The van der Waals surface area contributed by atoms with Gasteiger partial charge in [-0.1, -0.05) is 49.4 Å². The van der Waals surface area contributed by atoms with Crippen LogP contribution in [0, 0.1) is 5.82 Å². The summed E-state index contributed by atoms with van der Waals surface area (Å²) in [5.41, 5.74) is 0.786. The first kappa shape index (κ1) is 29.6. The molecule has 0 heterocycles. The number of anilines is 1. The SMILES string of the molecule is CCCNC(=O)C(C)N(Cc1ccc(F)cc1)C(=O)CN(c1ccccc1OCC)S(=O)(=O)c1ccccc1. The van der Waals surface area contributed by atoms with Gasteiger partial charge in [-0.05, 0) is 62.2 Å². The molecule has 208 valence electrons. The van der Waals surface area contributed by atoms with E-state index in [4.69, 9.17) is 4.74 Å². The average molecular weight is 556 g/mol. The fraction of sp³-hybridized carbons (Fsp3) is 0.310. The number of rotatable bonds is 13. The van der Waals surface area contributed by atoms with Crippen LogP contribution in [0.4, 0.5) is 10.1 Å². The molecule has 2 amide bonds. The van der Waals surface area contributed by atoms with Crippen LogP contribution < -0.4 is 14.4 Å². The molecule has 0 fully saturated rings. The number of carbonyl (C=O) groups excluding carboxylic acids is 2. The van der Waals surface area contributed by atoms with Gasteiger partial charge in [0.25, 0.3) is 10.0 Å². The van der Waals surface area contributed by atoms with Gasteiger partial charge in [-0.25, -0.2) is 12.8 Å². The van der Waals surface area contributed by atoms with E-state index in [0.29, 0.717) is 24.3 Å². The zero-order chi connectivity index (χ0) is 28.4. The lowest BCUT2D eigenvalue weighted by molar-refractivity contribution is -0.139. The fourth-order valence-corrected chi connectivity index (χ4v) is 5.38. The second kappa shape index (κ2) is 13.7. The first-order chi connectivity index (χ1) is 18.7.